The van der Waals surface area contributed by atoms with Gasteiger partial charge in [0.15, 0.2) is 5.96 Å². The van der Waals surface area contributed by atoms with E-state index >= 15 is 0 Å². The van der Waals surface area contributed by atoms with Crippen molar-refractivity contribution in [1.29, 1.82) is 0 Å². The van der Waals surface area contributed by atoms with Crippen molar-refractivity contribution in [3.63, 3.8) is 0 Å². The van der Waals surface area contributed by atoms with Crippen molar-refractivity contribution in [2.24, 2.45) is 4.99 Å². The van der Waals surface area contributed by atoms with Gasteiger partial charge in [-0.05, 0) is 33.3 Å². The molecule has 0 saturated heterocycles. The number of guanidine groups is 1. The number of rotatable bonds is 4. The first-order valence-corrected chi connectivity index (χ1v) is 7.49. The highest BCUT2D eigenvalue weighted by molar-refractivity contribution is 14.0. The second-order valence-corrected chi connectivity index (χ2v) is 6.54. The molecule has 0 unspecified atom stereocenters. The summed E-state index contributed by atoms with van der Waals surface area (Å²) in [6, 6.07) is 8.39. The van der Waals surface area contributed by atoms with E-state index in [9.17, 15) is 4.79 Å². The molecule has 2 N–H and O–H groups in total. The van der Waals surface area contributed by atoms with Gasteiger partial charge >= 0.3 is 0 Å². The summed E-state index contributed by atoms with van der Waals surface area (Å²) >= 11 is 0. The lowest BCUT2D eigenvalue weighted by Gasteiger charge is -2.24. The summed E-state index contributed by atoms with van der Waals surface area (Å²) in [4.78, 5) is 18.1. The Morgan fingerprint density at radius 2 is 1.78 bits per heavy atom. The Morgan fingerprint density at radius 1 is 1.22 bits per heavy atom. The molecule has 0 spiro atoms. The van der Waals surface area contributed by atoms with Crippen molar-refractivity contribution in [2.75, 3.05) is 20.6 Å². The number of carbonyl (C=O) groups is 1. The summed E-state index contributed by atoms with van der Waals surface area (Å²) in [7, 11) is 3.67. The number of aryl methyl sites for hydroxylation is 1. The number of nitrogens with one attached hydrogen (secondary N) is 2. The smallest absolute Gasteiger partial charge is 0.239 e. The van der Waals surface area contributed by atoms with Crippen LogP contribution < -0.4 is 10.6 Å². The predicted molar refractivity (Wildman–Crippen MR) is 107 cm³/mol. The van der Waals surface area contributed by atoms with Crippen LogP contribution in [0.5, 0.6) is 0 Å². The van der Waals surface area contributed by atoms with Gasteiger partial charge in [0, 0.05) is 26.2 Å². The number of carbonyl (C=O) groups excluding carboxylic acids is 1. The summed E-state index contributed by atoms with van der Waals surface area (Å²) in [5.41, 5.74) is 2.22. The SMILES string of the molecule is CN=C(NCC(=O)NC(C)(C)C)N(C)Cc1ccc(C)cc1.I. The molecule has 1 rings (SSSR count). The van der Waals surface area contributed by atoms with Crippen LogP contribution in [0.4, 0.5) is 0 Å². The molecule has 0 aliphatic rings. The van der Waals surface area contributed by atoms with Crippen molar-refractivity contribution in [3.05, 3.63) is 35.4 Å². The van der Waals surface area contributed by atoms with Gasteiger partial charge in [-0.25, -0.2) is 0 Å². The maximum Gasteiger partial charge on any atom is 0.239 e. The van der Waals surface area contributed by atoms with Crippen molar-refractivity contribution < 1.29 is 4.79 Å². The Morgan fingerprint density at radius 3 is 2.26 bits per heavy atom. The molecule has 130 valence electrons. The van der Waals surface area contributed by atoms with Crippen LogP contribution in [0.15, 0.2) is 29.3 Å². The van der Waals surface area contributed by atoms with Crippen molar-refractivity contribution >= 4 is 35.8 Å². The zero-order valence-corrected chi connectivity index (χ0v) is 17.3. The largest absolute Gasteiger partial charge is 0.350 e. The summed E-state index contributed by atoms with van der Waals surface area (Å²) in [6.45, 7) is 8.90. The Bertz CT molecular complexity index is 520. The van der Waals surface area contributed by atoms with Crippen LogP contribution >= 0.6 is 24.0 Å². The second-order valence-electron chi connectivity index (χ2n) is 6.54. The molecule has 0 aromatic heterocycles. The number of halogens is 1. The molecule has 0 radical (unpaired) electrons. The quantitative estimate of drug-likeness (QED) is 0.437. The molecular weight excluding hydrogens is 403 g/mol. The van der Waals surface area contributed by atoms with E-state index in [4.69, 9.17) is 0 Å². The number of benzene rings is 1. The number of nitrogens with zero attached hydrogens (tertiary/aromatic N) is 2. The van der Waals surface area contributed by atoms with Crippen molar-refractivity contribution in [3.8, 4) is 0 Å². The summed E-state index contributed by atoms with van der Waals surface area (Å²) < 4.78 is 0. The summed E-state index contributed by atoms with van der Waals surface area (Å²) in [5.74, 6) is 0.655. The molecule has 23 heavy (non-hydrogen) atoms. The molecule has 0 atom stereocenters. The lowest BCUT2D eigenvalue weighted by atomic mass is 10.1. The highest BCUT2D eigenvalue weighted by atomic mass is 127. The highest BCUT2D eigenvalue weighted by Crippen LogP contribution is 2.06. The molecule has 0 saturated carbocycles. The predicted octanol–water partition coefficient (Wildman–Crippen LogP) is 2.53. The van der Waals surface area contributed by atoms with Crippen LogP contribution in [-0.2, 0) is 11.3 Å². The molecular formula is C17H29IN4O. The number of hydrogen-bond donors (Lipinski definition) is 2. The molecule has 0 aliphatic heterocycles. The van der Waals surface area contributed by atoms with E-state index in [1.807, 2.05) is 32.7 Å². The van der Waals surface area contributed by atoms with Gasteiger partial charge in [0.2, 0.25) is 5.91 Å². The zero-order valence-electron chi connectivity index (χ0n) is 14.9. The summed E-state index contributed by atoms with van der Waals surface area (Å²) in [6.07, 6.45) is 0. The lowest BCUT2D eigenvalue weighted by molar-refractivity contribution is -0.121. The van der Waals surface area contributed by atoms with Crippen molar-refractivity contribution in [1.82, 2.24) is 15.5 Å². The molecule has 1 aromatic rings. The first-order chi connectivity index (χ1) is 10.2. The zero-order chi connectivity index (χ0) is 16.8. The minimum Gasteiger partial charge on any atom is -0.350 e. The molecule has 1 amide bonds. The first-order valence-electron chi connectivity index (χ1n) is 7.49. The minimum absolute atomic E-state index is 0. The van der Waals surface area contributed by atoms with Gasteiger partial charge in [-0.2, -0.15) is 0 Å². The van der Waals surface area contributed by atoms with Crippen molar-refractivity contribution in [2.45, 2.75) is 39.8 Å². The molecule has 0 bridgehead atoms. The van der Waals surface area contributed by atoms with Crippen LogP contribution in [0.25, 0.3) is 0 Å². The molecule has 0 heterocycles. The molecule has 1 aromatic carbocycles. The third kappa shape index (κ3) is 8.78. The Balaban J connectivity index is 0.00000484. The number of amides is 1. The van der Waals surface area contributed by atoms with Gasteiger partial charge in [-0.3, -0.25) is 9.79 Å². The van der Waals surface area contributed by atoms with Crippen LogP contribution in [-0.4, -0.2) is 42.9 Å². The molecule has 0 aliphatic carbocycles. The van der Waals surface area contributed by atoms with Gasteiger partial charge in [0.1, 0.15) is 0 Å². The van der Waals surface area contributed by atoms with Gasteiger partial charge in [-0.1, -0.05) is 29.8 Å². The van der Waals surface area contributed by atoms with E-state index in [0.29, 0.717) is 5.96 Å². The minimum atomic E-state index is -0.226. The first kappa shape index (κ1) is 21.7. The van der Waals surface area contributed by atoms with E-state index in [0.717, 1.165) is 6.54 Å². The van der Waals surface area contributed by atoms with E-state index in [2.05, 4.69) is 46.8 Å². The molecule has 5 nitrogen and oxygen atoms in total. The molecule has 0 fully saturated rings. The maximum atomic E-state index is 11.9. The van der Waals surface area contributed by atoms with E-state index in [-0.39, 0.29) is 42.0 Å². The Hall–Kier alpha value is -1.31. The normalized spacial score (nSPS) is 11.5. The van der Waals surface area contributed by atoms with E-state index in [1.54, 1.807) is 7.05 Å². The second kappa shape index (κ2) is 9.75. The van der Waals surface area contributed by atoms with Crippen LogP contribution in [0.3, 0.4) is 0 Å². The average Bonchev–Trinajstić information content (AvgIpc) is 2.40. The van der Waals surface area contributed by atoms with E-state index < -0.39 is 0 Å². The molecule has 6 heteroatoms. The summed E-state index contributed by atoms with van der Waals surface area (Å²) in [5, 5.41) is 6.01. The fourth-order valence-electron chi connectivity index (χ4n) is 2.05. The topological polar surface area (TPSA) is 56.7 Å². The fourth-order valence-corrected chi connectivity index (χ4v) is 2.05. The third-order valence-corrected chi connectivity index (χ3v) is 3.04. The van der Waals surface area contributed by atoms with Gasteiger partial charge in [0.25, 0.3) is 0 Å². The maximum absolute atomic E-state index is 11.9. The van der Waals surface area contributed by atoms with Gasteiger partial charge in [0.05, 0.1) is 6.54 Å². The van der Waals surface area contributed by atoms with Crippen LogP contribution in [0.2, 0.25) is 0 Å². The number of hydrogen-bond acceptors (Lipinski definition) is 2. The fraction of sp³-hybridized carbons (Fsp3) is 0.529. The monoisotopic (exact) mass is 432 g/mol. The highest BCUT2D eigenvalue weighted by Gasteiger charge is 2.14. The van der Waals surface area contributed by atoms with Crippen LogP contribution in [0.1, 0.15) is 31.9 Å². The standard InChI is InChI=1S/C17H28N4O.HI/c1-13-7-9-14(10-8-13)12-21(6)16(18-5)19-11-15(22)20-17(2,3)4;/h7-10H,11-12H2,1-6H3,(H,18,19)(H,20,22);1H. The Labute approximate surface area is 157 Å². The average molecular weight is 432 g/mol. The van der Waals surface area contributed by atoms with Gasteiger partial charge in [-0.15, -0.1) is 24.0 Å². The third-order valence-electron chi connectivity index (χ3n) is 3.04. The lowest BCUT2D eigenvalue weighted by Crippen LogP contribution is -2.48. The van der Waals surface area contributed by atoms with Gasteiger partial charge < -0.3 is 15.5 Å². The number of aliphatic imine (C=N–C) groups is 1. The van der Waals surface area contributed by atoms with E-state index in [1.165, 1.54) is 11.1 Å². The Kier molecular flexibility index (Phi) is 9.19. The van der Waals surface area contributed by atoms with Crippen LogP contribution in [0, 0.1) is 6.92 Å².